The number of hydrogen-bond donors (Lipinski definition) is 2. The quantitative estimate of drug-likeness (QED) is 0.411. The molecule has 168 valence electrons. The van der Waals surface area contributed by atoms with Gasteiger partial charge in [-0.3, -0.25) is 19.0 Å². The number of benzene rings is 2. The van der Waals surface area contributed by atoms with E-state index in [0.29, 0.717) is 37.1 Å². The highest BCUT2D eigenvalue weighted by molar-refractivity contribution is 7.20. The third-order valence-corrected chi connectivity index (χ3v) is 6.83. The number of halogens is 1. The van der Waals surface area contributed by atoms with Crippen LogP contribution in [0.2, 0.25) is 5.02 Å². The van der Waals surface area contributed by atoms with Crippen molar-refractivity contribution in [3.63, 3.8) is 0 Å². The summed E-state index contributed by atoms with van der Waals surface area (Å²) >= 11 is 7.04. The van der Waals surface area contributed by atoms with E-state index in [9.17, 15) is 14.4 Å². The lowest BCUT2D eigenvalue weighted by molar-refractivity contribution is -0.118. The van der Waals surface area contributed by atoms with Gasteiger partial charge in [0.2, 0.25) is 5.91 Å². The Balaban J connectivity index is 1.63. The first kappa shape index (κ1) is 22.7. The minimum atomic E-state index is -0.811. The molecular formula is C24H21ClN4O3S. The monoisotopic (exact) mass is 480 g/mol. The first-order valence-corrected chi connectivity index (χ1v) is 11.4. The van der Waals surface area contributed by atoms with Crippen LogP contribution in [0.1, 0.15) is 33.8 Å². The molecule has 0 aliphatic carbocycles. The number of nitrogens with zero attached hydrogens (tertiary/aromatic N) is 2. The Hall–Kier alpha value is -3.49. The maximum atomic E-state index is 13.2. The van der Waals surface area contributed by atoms with Crippen molar-refractivity contribution in [3.8, 4) is 0 Å². The van der Waals surface area contributed by atoms with Crippen molar-refractivity contribution in [3.05, 3.63) is 86.2 Å². The average molecular weight is 481 g/mol. The molecule has 2 N–H and O–H groups in total. The number of anilines is 2. The molecule has 2 aromatic carbocycles. The van der Waals surface area contributed by atoms with Crippen molar-refractivity contribution in [2.75, 3.05) is 10.6 Å². The fourth-order valence-electron chi connectivity index (χ4n) is 3.43. The molecule has 0 aliphatic rings. The van der Waals surface area contributed by atoms with Crippen LogP contribution >= 0.6 is 22.9 Å². The number of para-hydroxylation sites is 1. The van der Waals surface area contributed by atoms with E-state index < -0.39 is 6.04 Å². The molecular weight excluding hydrogens is 460 g/mol. The van der Waals surface area contributed by atoms with Crippen LogP contribution in [0.15, 0.2) is 59.7 Å². The van der Waals surface area contributed by atoms with Crippen molar-refractivity contribution in [2.45, 2.75) is 26.8 Å². The van der Waals surface area contributed by atoms with Gasteiger partial charge in [-0.1, -0.05) is 29.8 Å². The lowest BCUT2D eigenvalue weighted by Gasteiger charge is -2.15. The summed E-state index contributed by atoms with van der Waals surface area (Å²) < 4.78 is 1.27. The number of rotatable bonds is 5. The summed E-state index contributed by atoms with van der Waals surface area (Å²) in [7, 11) is 0. The van der Waals surface area contributed by atoms with Crippen LogP contribution in [0.5, 0.6) is 0 Å². The largest absolute Gasteiger partial charge is 0.324 e. The highest BCUT2D eigenvalue weighted by atomic mass is 35.5. The summed E-state index contributed by atoms with van der Waals surface area (Å²) in [5, 5.41) is 6.56. The van der Waals surface area contributed by atoms with Gasteiger partial charge < -0.3 is 10.6 Å². The minimum Gasteiger partial charge on any atom is -0.324 e. The van der Waals surface area contributed by atoms with Crippen molar-refractivity contribution < 1.29 is 9.59 Å². The van der Waals surface area contributed by atoms with E-state index in [1.165, 1.54) is 10.9 Å². The van der Waals surface area contributed by atoms with Gasteiger partial charge in [0.1, 0.15) is 10.9 Å². The van der Waals surface area contributed by atoms with Crippen molar-refractivity contribution in [1.29, 1.82) is 0 Å². The number of thiophene rings is 1. The van der Waals surface area contributed by atoms with Gasteiger partial charge in [0.05, 0.1) is 16.6 Å². The van der Waals surface area contributed by atoms with Gasteiger partial charge in [-0.25, -0.2) is 4.98 Å². The van der Waals surface area contributed by atoms with E-state index >= 15 is 0 Å². The lowest BCUT2D eigenvalue weighted by Crippen LogP contribution is -2.31. The maximum absolute atomic E-state index is 13.2. The first-order chi connectivity index (χ1) is 15.8. The summed E-state index contributed by atoms with van der Waals surface area (Å²) in [6.45, 7) is 5.25. The van der Waals surface area contributed by atoms with Gasteiger partial charge in [-0.05, 0) is 62.2 Å². The second kappa shape index (κ2) is 9.17. The number of aryl methyl sites for hydroxylation is 2. The summed E-state index contributed by atoms with van der Waals surface area (Å²) in [6.07, 6.45) is 1.34. The molecule has 0 saturated heterocycles. The molecule has 0 spiro atoms. The highest BCUT2D eigenvalue weighted by Crippen LogP contribution is 2.28. The predicted octanol–water partition coefficient (Wildman–Crippen LogP) is 5.18. The predicted molar refractivity (Wildman–Crippen MR) is 133 cm³/mol. The summed E-state index contributed by atoms with van der Waals surface area (Å²) in [4.78, 5) is 44.1. The SMILES string of the molecule is Cc1ccccc1NC(=O)c1sc2ncn(C(C)C(=O)Nc3ccc(Cl)cc3)c(=O)c2c1C. The molecule has 0 saturated carbocycles. The number of amides is 2. The molecule has 4 aromatic rings. The first-order valence-electron chi connectivity index (χ1n) is 10.2. The highest BCUT2D eigenvalue weighted by Gasteiger charge is 2.23. The number of fused-ring (bicyclic) bond motifs is 1. The summed E-state index contributed by atoms with van der Waals surface area (Å²) in [5.41, 5.74) is 2.38. The van der Waals surface area contributed by atoms with E-state index in [1.54, 1.807) is 38.1 Å². The lowest BCUT2D eigenvalue weighted by atomic mass is 10.1. The molecule has 33 heavy (non-hydrogen) atoms. The number of hydrogen-bond acceptors (Lipinski definition) is 5. The van der Waals surface area contributed by atoms with Crippen LogP contribution in [-0.4, -0.2) is 21.4 Å². The number of carbonyl (C=O) groups is 2. The Morgan fingerprint density at radius 2 is 1.76 bits per heavy atom. The van der Waals surface area contributed by atoms with Crippen LogP contribution in [0.3, 0.4) is 0 Å². The summed E-state index contributed by atoms with van der Waals surface area (Å²) in [6, 6.07) is 13.3. The second-order valence-corrected chi connectivity index (χ2v) is 9.07. The van der Waals surface area contributed by atoms with Crippen molar-refractivity contribution in [1.82, 2.24) is 9.55 Å². The van der Waals surface area contributed by atoms with Crippen molar-refractivity contribution >= 4 is 56.3 Å². The Kier molecular flexibility index (Phi) is 6.31. The normalized spacial score (nSPS) is 11.9. The number of aromatic nitrogens is 2. The smallest absolute Gasteiger partial charge is 0.266 e. The van der Waals surface area contributed by atoms with E-state index in [-0.39, 0.29) is 17.4 Å². The number of carbonyl (C=O) groups excluding carboxylic acids is 2. The zero-order valence-corrected chi connectivity index (χ0v) is 19.8. The van der Waals surface area contributed by atoms with Gasteiger partial charge in [0.25, 0.3) is 11.5 Å². The van der Waals surface area contributed by atoms with E-state index in [1.807, 2.05) is 31.2 Å². The van der Waals surface area contributed by atoms with Gasteiger partial charge >= 0.3 is 0 Å². The average Bonchev–Trinajstić information content (AvgIpc) is 3.14. The maximum Gasteiger partial charge on any atom is 0.266 e. The van der Waals surface area contributed by atoms with Gasteiger partial charge in [-0.2, -0.15) is 0 Å². The van der Waals surface area contributed by atoms with Gasteiger partial charge in [0.15, 0.2) is 0 Å². The van der Waals surface area contributed by atoms with Crippen LogP contribution in [0.4, 0.5) is 11.4 Å². The topological polar surface area (TPSA) is 93.1 Å². The van der Waals surface area contributed by atoms with E-state index in [2.05, 4.69) is 15.6 Å². The minimum absolute atomic E-state index is 0.302. The second-order valence-electron chi connectivity index (χ2n) is 7.63. The van der Waals surface area contributed by atoms with Gasteiger partial charge in [0, 0.05) is 16.4 Å². The zero-order valence-electron chi connectivity index (χ0n) is 18.2. The fraction of sp³-hybridized carbons (Fsp3) is 0.167. The van der Waals surface area contributed by atoms with Crippen LogP contribution in [0.25, 0.3) is 10.2 Å². The van der Waals surface area contributed by atoms with Crippen LogP contribution < -0.4 is 16.2 Å². The van der Waals surface area contributed by atoms with E-state index in [0.717, 1.165) is 16.9 Å². The third-order valence-electron chi connectivity index (χ3n) is 5.38. The molecule has 2 heterocycles. The number of nitrogens with one attached hydrogen (secondary N) is 2. The molecule has 2 amide bonds. The molecule has 1 unspecified atom stereocenters. The Morgan fingerprint density at radius 3 is 2.45 bits per heavy atom. The van der Waals surface area contributed by atoms with Crippen LogP contribution in [-0.2, 0) is 4.79 Å². The fourth-order valence-corrected chi connectivity index (χ4v) is 4.59. The molecule has 9 heteroatoms. The Labute approximate surface area is 199 Å². The molecule has 2 aromatic heterocycles. The van der Waals surface area contributed by atoms with Crippen LogP contribution in [0, 0.1) is 13.8 Å². The Bertz CT molecular complexity index is 1430. The zero-order chi connectivity index (χ0) is 23.7. The Morgan fingerprint density at radius 1 is 1.06 bits per heavy atom. The van der Waals surface area contributed by atoms with Gasteiger partial charge in [-0.15, -0.1) is 11.3 Å². The molecule has 0 radical (unpaired) electrons. The van der Waals surface area contributed by atoms with E-state index in [4.69, 9.17) is 11.6 Å². The van der Waals surface area contributed by atoms with Crippen molar-refractivity contribution in [2.24, 2.45) is 0 Å². The third kappa shape index (κ3) is 4.53. The molecule has 4 rings (SSSR count). The molecule has 1 atom stereocenters. The molecule has 0 fully saturated rings. The summed E-state index contributed by atoms with van der Waals surface area (Å²) in [5.74, 6) is -0.671. The molecule has 0 aliphatic heterocycles. The molecule has 0 bridgehead atoms. The standard InChI is InChI=1S/C24H21ClN4O3S/c1-13-6-4-5-7-18(13)28-22(31)20-14(2)19-23(33-20)26-12-29(24(19)32)15(3)21(30)27-17-10-8-16(25)9-11-17/h4-12,15H,1-3H3,(H,27,30)(H,28,31). The molecule has 7 nitrogen and oxygen atoms in total.